The van der Waals surface area contributed by atoms with Gasteiger partial charge in [0.05, 0.1) is 23.1 Å². The van der Waals surface area contributed by atoms with Crippen LogP contribution in [0.1, 0.15) is 16.2 Å². The average molecular weight is 253 g/mol. The van der Waals surface area contributed by atoms with Crippen molar-refractivity contribution in [2.75, 3.05) is 0 Å². The molecule has 6 heteroatoms. The summed E-state index contributed by atoms with van der Waals surface area (Å²) in [6.45, 7) is 0.369. The molecule has 1 amide bonds. The number of hydrogen-bond acceptors (Lipinski definition) is 4. The molecule has 0 unspecified atom stereocenters. The number of pyridine rings is 2. The van der Waals surface area contributed by atoms with E-state index in [4.69, 9.17) is 0 Å². The molecule has 3 aromatic heterocycles. The third-order valence-electron chi connectivity index (χ3n) is 2.74. The number of carbonyl (C=O) groups excluding carboxylic acids is 1. The van der Waals surface area contributed by atoms with Crippen molar-refractivity contribution in [1.29, 1.82) is 0 Å². The molecule has 0 saturated heterocycles. The summed E-state index contributed by atoms with van der Waals surface area (Å²) >= 11 is 0. The summed E-state index contributed by atoms with van der Waals surface area (Å²) < 4.78 is 0. The monoisotopic (exact) mass is 253 g/mol. The third kappa shape index (κ3) is 2.28. The van der Waals surface area contributed by atoms with E-state index in [0.717, 1.165) is 11.2 Å². The van der Waals surface area contributed by atoms with Gasteiger partial charge in [0.1, 0.15) is 0 Å². The molecule has 0 saturated carbocycles. The Morgan fingerprint density at radius 2 is 2.21 bits per heavy atom. The summed E-state index contributed by atoms with van der Waals surface area (Å²) in [6, 6.07) is 7.34. The predicted molar refractivity (Wildman–Crippen MR) is 69.3 cm³/mol. The van der Waals surface area contributed by atoms with Crippen LogP contribution in [-0.4, -0.2) is 26.1 Å². The summed E-state index contributed by atoms with van der Waals surface area (Å²) in [5.74, 6) is -0.245. The number of nitrogens with one attached hydrogen (secondary N) is 2. The Bertz CT molecular complexity index is 707. The Morgan fingerprint density at radius 1 is 1.26 bits per heavy atom. The molecule has 0 atom stereocenters. The fraction of sp³-hybridized carbons (Fsp3) is 0.0769. The lowest BCUT2D eigenvalue weighted by molar-refractivity contribution is 0.0947. The van der Waals surface area contributed by atoms with Crippen LogP contribution in [0.5, 0.6) is 0 Å². The fourth-order valence-corrected chi connectivity index (χ4v) is 1.79. The zero-order chi connectivity index (χ0) is 13.1. The largest absolute Gasteiger partial charge is 0.345 e. The van der Waals surface area contributed by atoms with Crippen LogP contribution in [-0.2, 0) is 6.54 Å². The molecule has 0 aliphatic carbocycles. The van der Waals surface area contributed by atoms with Gasteiger partial charge >= 0.3 is 0 Å². The van der Waals surface area contributed by atoms with Gasteiger partial charge in [-0.2, -0.15) is 5.10 Å². The minimum absolute atomic E-state index is 0.245. The molecule has 3 aromatic rings. The summed E-state index contributed by atoms with van der Waals surface area (Å²) in [6.07, 6.45) is 4.96. The lowest BCUT2D eigenvalue weighted by atomic mass is 10.2. The van der Waals surface area contributed by atoms with Crippen LogP contribution in [0.2, 0.25) is 0 Å². The van der Waals surface area contributed by atoms with Gasteiger partial charge in [0, 0.05) is 18.6 Å². The Kier molecular flexibility index (Phi) is 2.89. The number of fused-ring (bicyclic) bond motifs is 1. The number of aromatic amines is 1. The van der Waals surface area contributed by atoms with Crippen LogP contribution in [0.4, 0.5) is 0 Å². The van der Waals surface area contributed by atoms with Gasteiger partial charge in [0.25, 0.3) is 5.91 Å². The molecule has 6 nitrogen and oxygen atoms in total. The first-order valence-corrected chi connectivity index (χ1v) is 5.81. The first-order chi connectivity index (χ1) is 9.34. The number of H-pyrrole nitrogens is 1. The lowest BCUT2D eigenvalue weighted by Gasteiger charge is -2.02. The predicted octanol–water partition coefficient (Wildman–Crippen LogP) is 1.28. The fourth-order valence-electron chi connectivity index (χ4n) is 1.79. The van der Waals surface area contributed by atoms with Crippen molar-refractivity contribution in [3.8, 4) is 0 Å². The summed E-state index contributed by atoms with van der Waals surface area (Å²) in [5, 5.41) is 10.3. The second-order valence-electron chi connectivity index (χ2n) is 4.00. The Labute approximate surface area is 108 Å². The maximum Gasteiger partial charge on any atom is 0.272 e. The number of amides is 1. The quantitative estimate of drug-likeness (QED) is 0.736. The van der Waals surface area contributed by atoms with Crippen LogP contribution < -0.4 is 5.32 Å². The highest BCUT2D eigenvalue weighted by Crippen LogP contribution is 2.13. The molecular formula is C13H11N5O. The minimum Gasteiger partial charge on any atom is -0.345 e. The van der Waals surface area contributed by atoms with Gasteiger partial charge in [-0.3, -0.25) is 19.9 Å². The van der Waals surface area contributed by atoms with Crippen molar-refractivity contribution in [3.05, 3.63) is 54.2 Å². The van der Waals surface area contributed by atoms with E-state index in [2.05, 4.69) is 25.5 Å². The lowest BCUT2D eigenvalue weighted by Crippen LogP contribution is -2.23. The molecule has 0 aromatic carbocycles. The van der Waals surface area contributed by atoms with Gasteiger partial charge in [0.15, 0.2) is 5.69 Å². The first-order valence-electron chi connectivity index (χ1n) is 5.81. The zero-order valence-electron chi connectivity index (χ0n) is 10.00. The summed E-state index contributed by atoms with van der Waals surface area (Å²) in [7, 11) is 0. The topological polar surface area (TPSA) is 83.6 Å². The minimum atomic E-state index is -0.245. The average Bonchev–Trinajstić information content (AvgIpc) is 2.90. The summed E-state index contributed by atoms with van der Waals surface area (Å²) in [5.41, 5.74) is 1.94. The number of nitrogens with zero attached hydrogens (tertiary/aromatic N) is 3. The van der Waals surface area contributed by atoms with E-state index < -0.39 is 0 Å². The standard InChI is InChI=1S/C13H11N5O/c19-13(16-7-9-3-1-2-5-15-9)12-10-8-14-6-4-11(10)17-18-12/h1-6,8H,7H2,(H,16,19)(H,17,18). The first kappa shape index (κ1) is 11.3. The SMILES string of the molecule is O=C(NCc1ccccn1)c1n[nH]c2ccncc12. The van der Waals surface area contributed by atoms with E-state index in [9.17, 15) is 4.79 Å². The van der Waals surface area contributed by atoms with Gasteiger partial charge in [-0.15, -0.1) is 0 Å². The Hall–Kier alpha value is -2.76. The molecule has 19 heavy (non-hydrogen) atoms. The van der Waals surface area contributed by atoms with Crippen LogP contribution in [0.3, 0.4) is 0 Å². The van der Waals surface area contributed by atoms with Crippen LogP contribution >= 0.6 is 0 Å². The van der Waals surface area contributed by atoms with Crippen molar-refractivity contribution in [2.24, 2.45) is 0 Å². The molecule has 0 aliphatic rings. The highest BCUT2D eigenvalue weighted by Gasteiger charge is 2.13. The van der Waals surface area contributed by atoms with Gasteiger partial charge in [-0.25, -0.2) is 0 Å². The van der Waals surface area contributed by atoms with Crippen LogP contribution in [0, 0.1) is 0 Å². The molecule has 3 heterocycles. The Balaban J connectivity index is 1.77. The van der Waals surface area contributed by atoms with Crippen LogP contribution in [0.15, 0.2) is 42.9 Å². The molecule has 0 bridgehead atoms. The molecule has 0 radical (unpaired) electrons. The number of carbonyl (C=O) groups is 1. The van der Waals surface area contributed by atoms with Crippen molar-refractivity contribution >= 4 is 16.8 Å². The van der Waals surface area contributed by atoms with Crippen molar-refractivity contribution < 1.29 is 4.79 Å². The van der Waals surface area contributed by atoms with Crippen molar-refractivity contribution in [3.63, 3.8) is 0 Å². The Morgan fingerprint density at radius 3 is 3.05 bits per heavy atom. The van der Waals surface area contributed by atoms with E-state index in [1.165, 1.54) is 0 Å². The van der Waals surface area contributed by atoms with E-state index >= 15 is 0 Å². The molecular weight excluding hydrogens is 242 g/mol. The normalized spacial score (nSPS) is 10.5. The van der Waals surface area contributed by atoms with E-state index in [-0.39, 0.29) is 5.91 Å². The zero-order valence-corrected chi connectivity index (χ0v) is 10.00. The van der Waals surface area contributed by atoms with Gasteiger partial charge in [0.2, 0.25) is 0 Å². The highest BCUT2D eigenvalue weighted by atomic mass is 16.1. The second kappa shape index (κ2) is 4.85. The molecule has 0 spiro atoms. The molecule has 94 valence electrons. The summed E-state index contributed by atoms with van der Waals surface area (Å²) in [4.78, 5) is 20.2. The molecule has 0 aliphatic heterocycles. The van der Waals surface area contributed by atoms with E-state index in [1.54, 1.807) is 24.7 Å². The molecule has 0 fully saturated rings. The maximum absolute atomic E-state index is 12.0. The number of aromatic nitrogens is 4. The smallest absolute Gasteiger partial charge is 0.272 e. The van der Waals surface area contributed by atoms with Crippen LogP contribution in [0.25, 0.3) is 10.9 Å². The number of hydrogen-bond donors (Lipinski definition) is 2. The molecule has 2 N–H and O–H groups in total. The van der Waals surface area contributed by atoms with Gasteiger partial charge < -0.3 is 5.32 Å². The van der Waals surface area contributed by atoms with E-state index in [0.29, 0.717) is 17.6 Å². The maximum atomic E-state index is 12.0. The van der Waals surface area contributed by atoms with Gasteiger partial charge in [-0.05, 0) is 18.2 Å². The van der Waals surface area contributed by atoms with Gasteiger partial charge in [-0.1, -0.05) is 6.07 Å². The highest BCUT2D eigenvalue weighted by molar-refractivity contribution is 6.04. The van der Waals surface area contributed by atoms with Crippen molar-refractivity contribution in [2.45, 2.75) is 6.54 Å². The number of rotatable bonds is 3. The van der Waals surface area contributed by atoms with Crippen molar-refractivity contribution in [1.82, 2.24) is 25.5 Å². The van der Waals surface area contributed by atoms with E-state index in [1.807, 2.05) is 18.2 Å². The second-order valence-corrected chi connectivity index (χ2v) is 4.00. The molecule has 3 rings (SSSR count). The third-order valence-corrected chi connectivity index (χ3v) is 2.74.